The predicted molar refractivity (Wildman–Crippen MR) is 59.0 cm³/mol. The van der Waals surface area contributed by atoms with Gasteiger partial charge in [-0.15, -0.1) is 11.3 Å². The molecule has 0 aliphatic carbocycles. The summed E-state index contributed by atoms with van der Waals surface area (Å²) in [5.74, 6) is 0.178. The van der Waals surface area contributed by atoms with Gasteiger partial charge >= 0.3 is 0 Å². The van der Waals surface area contributed by atoms with Crippen molar-refractivity contribution in [3.8, 4) is 0 Å². The topological polar surface area (TPSA) is 30.0 Å². The van der Waals surface area contributed by atoms with Crippen molar-refractivity contribution in [1.82, 2.24) is 4.98 Å². The number of aryl methyl sites for hydroxylation is 1. The number of fused-ring (bicyclic) bond motifs is 1. The van der Waals surface area contributed by atoms with E-state index in [4.69, 9.17) is 0 Å². The standard InChI is InChI=1S/C11H11NOS/c1-3-10(13)8-4-5-11-9(6-8)12-7(2)14-11/h4-6H,3H2,1-2H3. The fourth-order valence-corrected chi connectivity index (χ4v) is 2.23. The van der Waals surface area contributed by atoms with Crippen molar-refractivity contribution < 1.29 is 4.79 Å². The highest BCUT2D eigenvalue weighted by atomic mass is 32.1. The van der Waals surface area contributed by atoms with E-state index in [1.807, 2.05) is 32.0 Å². The molecule has 2 aromatic rings. The smallest absolute Gasteiger partial charge is 0.162 e. The monoisotopic (exact) mass is 205 g/mol. The molecule has 14 heavy (non-hydrogen) atoms. The van der Waals surface area contributed by atoms with Crippen LogP contribution in [0.1, 0.15) is 28.7 Å². The number of ketones is 1. The molecule has 0 N–H and O–H groups in total. The number of hydrogen-bond donors (Lipinski definition) is 0. The number of benzene rings is 1. The molecule has 1 aromatic heterocycles. The molecular formula is C11H11NOS. The van der Waals surface area contributed by atoms with Crippen LogP contribution in [-0.4, -0.2) is 10.8 Å². The van der Waals surface area contributed by atoms with Crippen molar-refractivity contribution in [2.75, 3.05) is 0 Å². The fraction of sp³-hybridized carbons (Fsp3) is 0.273. The minimum Gasteiger partial charge on any atom is -0.294 e. The molecule has 0 radical (unpaired) electrons. The zero-order valence-electron chi connectivity index (χ0n) is 8.20. The number of thiazole rings is 1. The van der Waals surface area contributed by atoms with E-state index in [-0.39, 0.29) is 5.78 Å². The average molecular weight is 205 g/mol. The summed E-state index contributed by atoms with van der Waals surface area (Å²) >= 11 is 1.66. The van der Waals surface area contributed by atoms with E-state index in [1.165, 1.54) is 0 Å². The van der Waals surface area contributed by atoms with Crippen LogP contribution in [0.3, 0.4) is 0 Å². The first-order chi connectivity index (χ1) is 6.70. The molecule has 0 amide bonds. The zero-order chi connectivity index (χ0) is 10.1. The molecule has 0 fully saturated rings. The molecule has 0 aliphatic rings. The van der Waals surface area contributed by atoms with Crippen LogP contribution in [0.2, 0.25) is 0 Å². The average Bonchev–Trinajstić information content (AvgIpc) is 2.55. The molecule has 1 heterocycles. The van der Waals surface area contributed by atoms with E-state index in [2.05, 4.69) is 4.98 Å². The Morgan fingerprint density at radius 1 is 1.50 bits per heavy atom. The summed E-state index contributed by atoms with van der Waals surface area (Å²) in [7, 11) is 0. The van der Waals surface area contributed by atoms with Gasteiger partial charge in [0.25, 0.3) is 0 Å². The molecule has 0 aliphatic heterocycles. The Morgan fingerprint density at radius 2 is 2.29 bits per heavy atom. The summed E-state index contributed by atoms with van der Waals surface area (Å²) in [6.45, 7) is 3.85. The number of hydrogen-bond acceptors (Lipinski definition) is 3. The fourth-order valence-electron chi connectivity index (χ4n) is 1.42. The highest BCUT2D eigenvalue weighted by molar-refractivity contribution is 7.18. The highest BCUT2D eigenvalue weighted by Gasteiger charge is 2.06. The molecule has 0 bridgehead atoms. The van der Waals surface area contributed by atoms with Crippen LogP contribution in [-0.2, 0) is 0 Å². The minimum atomic E-state index is 0.178. The maximum atomic E-state index is 11.4. The van der Waals surface area contributed by atoms with Gasteiger partial charge in [0, 0.05) is 12.0 Å². The Bertz CT molecular complexity index is 487. The van der Waals surface area contributed by atoms with Gasteiger partial charge in [0.05, 0.1) is 15.2 Å². The van der Waals surface area contributed by atoms with Gasteiger partial charge in [-0.1, -0.05) is 6.92 Å². The number of Topliss-reactive ketones (excluding diaryl/α,β-unsaturated/α-hetero) is 1. The quantitative estimate of drug-likeness (QED) is 0.705. The van der Waals surface area contributed by atoms with Crippen molar-refractivity contribution in [1.29, 1.82) is 0 Å². The lowest BCUT2D eigenvalue weighted by Crippen LogP contribution is -1.95. The summed E-state index contributed by atoms with van der Waals surface area (Å²) in [5.41, 5.74) is 1.71. The third-order valence-electron chi connectivity index (χ3n) is 2.14. The molecular weight excluding hydrogens is 194 g/mol. The minimum absolute atomic E-state index is 0.178. The van der Waals surface area contributed by atoms with Crippen LogP contribution in [0, 0.1) is 6.92 Å². The van der Waals surface area contributed by atoms with Gasteiger partial charge in [0.15, 0.2) is 5.78 Å². The van der Waals surface area contributed by atoms with Crippen LogP contribution in [0.5, 0.6) is 0 Å². The maximum absolute atomic E-state index is 11.4. The van der Waals surface area contributed by atoms with Gasteiger partial charge in [-0.25, -0.2) is 4.98 Å². The molecule has 0 saturated carbocycles. The number of carbonyl (C=O) groups excluding carboxylic acids is 1. The summed E-state index contributed by atoms with van der Waals surface area (Å²) in [6.07, 6.45) is 0.550. The Hall–Kier alpha value is -1.22. The largest absolute Gasteiger partial charge is 0.294 e. The molecule has 72 valence electrons. The van der Waals surface area contributed by atoms with Crippen LogP contribution in [0.15, 0.2) is 18.2 Å². The third-order valence-corrected chi connectivity index (χ3v) is 3.09. The Labute approximate surface area is 86.6 Å². The van der Waals surface area contributed by atoms with Gasteiger partial charge in [0.1, 0.15) is 0 Å². The Balaban J connectivity index is 2.55. The second-order valence-electron chi connectivity index (χ2n) is 3.19. The first-order valence-corrected chi connectivity index (χ1v) is 5.42. The van der Waals surface area contributed by atoms with E-state index < -0.39 is 0 Å². The molecule has 2 nitrogen and oxygen atoms in total. The van der Waals surface area contributed by atoms with Gasteiger partial charge in [-0.05, 0) is 25.1 Å². The molecule has 1 aromatic carbocycles. The van der Waals surface area contributed by atoms with E-state index in [1.54, 1.807) is 11.3 Å². The molecule has 0 spiro atoms. The summed E-state index contributed by atoms with van der Waals surface area (Å²) < 4.78 is 1.15. The van der Waals surface area contributed by atoms with Crippen molar-refractivity contribution in [2.24, 2.45) is 0 Å². The SMILES string of the molecule is CCC(=O)c1ccc2sc(C)nc2c1. The zero-order valence-corrected chi connectivity index (χ0v) is 9.02. The lowest BCUT2D eigenvalue weighted by Gasteiger charge is -1.96. The molecule has 0 atom stereocenters. The number of rotatable bonds is 2. The third kappa shape index (κ3) is 1.55. The van der Waals surface area contributed by atoms with Gasteiger partial charge < -0.3 is 0 Å². The van der Waals surface area contributed by atoms with E-state index in [0.717, 1.165) is 20.8 Å². The molecule has 2 rings (SSSR count). The Morgan fingerprint density at radius 3 is 3.00 bits per heavy atom. The molecule has 0 saturated heterocycles. The van der Waals surface area contributed by atoms with Crippen LogP contribution < -0.4 is 0 Å². The number of carbonyl (C=O) groups is 1. The maximum Gasteiger partial charge on any atom is 0.162 e. The predicted octanol–water partition coefficient (Wildman–Crippen LogP) is 3.20. The summed E-state index contributed by atoms with van der Waals surface area (Å²) in [6, 6.07) is 5.74. The number of nitrogens with zero attached hydrogens (tertiary/aromatic N) is 1. The van der Waals surface area contributed by atoms with Crippen LogP contribution in [0.25, 0.3) is 10.2 Å². The van der Waals surface area contributed by atoms with Gasteiger partial charge in [0.2, 0.25) is 0 Å². The summed E-state index contributed by atoms with van der Waals surface area (Å²) in [5, 5.41) is 1.04. The Kier molecular flexibility index (Phi) is 2.33. The first-order valence-electron chi connectivity index (χ1n) is 4.61. The summed E-state index contributed by atoms with van der Waals surface area (Å²) in [4.78, 5) is 15.8. The van der Waals surface area contributed by atoms with E-state index in [9.17, 15) is 4.79 Å². The van der Waals surface area contributed by atoms with Crippen molar-refractivity contribution >= 4 is 27.3 Å². The lowest BCUT2D eigenvalue weighted by atomic mass is 10.1. The van der Waals surface area contributed by atoms with Crippen molar-refractivity contribution in [3.63, 3.8) is 0 Å². The number of aromatic nitrogens is 1. The second kappa shape index (κ2) is 3.50. The van der Waals surface area contributed by atoms with E-state index >= 15 is 0 Å². The van der Waals surface area contributed by atoms with E-state index in [0.29, 0.717) is 6.42 Å². The van der Waals surface area contributed by atoms with Crippen LogP contribution in [0.4, 0.5) is 0 Å². The van der Waals surface area contributed by atoms with Gasteiger partial charge in [-0.2, -0.15) is 0 Å². The van der Waals surface area contributed by atoms with Crippen LogP contribution >= 0.6 is 11.3 Å². The normalized spacial score (nSPS) is 10.7. The molecule has 0 unspecified atom stereocenters. The van der Waals surface area contributed by atoms with Crippen molar-refractivity contribution in [3.05, 3.63) is 28.8 Å². The van der Waals surface area contributed by atoms with Crippen molar-refractivity contribution in [2.45, 2.75) is 20.3 Å². The second-order valence-corrected chi connectivity index (χ2v) is 4.43. The lowest BCUT2D eigenvalue weighted by molar-refractivity contribution is 0.0988. The molecule has 3 heteroatoms. The first kappa shape index (κ1) is 9.34. The highest BCUT2D eigenvalue weighted by Crippen LogP contribution is 2.22. The van der Waals surface area contributed by atoms with Gasteiger partial charge in [-0.3, -0.25) is 4.79 Å².